The molecule has 1 aromatic heterocycles. The Hall–Kier alpha value is -1.34. The summed E-state index contributed by atoms with van der Waals surface area (Å²) < 4.78 is 0.715. The second-order valence-corrected chi connectivity index (χ2v) is 4.85. The number of halogens is 1. The van der Waals surface area contributed by atoms with Gasteiger partial charge in [-0.05, 0) is 22.0 Å². The second-order valence-electron chi connectivity index (χ2n) is 3.93. The summed E-state index contributed by atoms with van der Waals surface area (Å²) >= 11 is 3.20. The van der Waals surface area contributed by atoms with Crippen LogP contribution in [0.4, 0.5) is 0 Å². The summed E-state index contributed by atoms with van der Waals surface area (Å²) in [5.41, 5.74) is 0.303. The van der Waals surface area contributed by atoms with E-state index in [4.69, 9.17) is 5.11 Å². The number of likely N-dealkylation sites (tertiary alicyclic amines) is 1. The SMILES string of the molecule is O=C(O)[C@H]1C[C@@H](O)CN1C(=O)c1cc(Br)c[nH]1. The van der Waals surface area contributed by atoms with E-state index in [1.807, 2.05) is 0 Å². The largest absolute Gasteiger partial charge is 0.480 e. The van der Waals surface area contributed by atoms with E-state index in [0.717, 1.165) is 0 Å². The van der Waals surface area contributed by atoms with Gasteiger partial charge in [0.15, 0.2) is 0 Å². The average Bonchev–Trinajstić information content (AvgIpc) is 2.83. The van der Waals surface area contributed by atoms with Gasteiger partial charge in [-0.25, -0.2) is 4.79 Å². The molecule has 0 spiro atoms. The van der Waals surface area contributed by atoms with Gasteiger partial charge in [0.05, 0.1) is 6.10 Å². The van der Waals surface area contributed by atoms with Gasteiger partial charge in [0, 0.05) is 23.6 Å². The number of aliphatic hydroxyl groups excluding tert-OH is 1. The number of hydrogen-bond donors (Lipinski definition) is 3. The molecule has 17 heavy (non-hydrogen) atoms. The molecule has 2 rings (SSSR count). The number of carboxylic acids is 1. The molecule has 1 aliphatic rings. The summed E-state index contributed by atoms with van der Waals surface area (Å²) in [5.74, 6) is -1.51. The van der Waals surface area contributed by atoms with Crippen LogP contribution in [0.1, 0.15) is 16.9 Å². The van der Waals surface area contributed by atoms with Crippen LogP contribution in [-0.2, 0) is 4.79 Å². The van der Waals surface area contributed by atoms with Gasteiger partial charge in [-0.2, -0.15) is 0 Å². The molecule has 3 N–H and O–H groups in total. The lowest BCUT2D eigenvalue weighted by molar-refractivity contribution is -0.141. The van der Waals surface area contributed by atoms with Crippen molar-refractivity contribution in [2.24, 2.45) is 0 Å². The van der Waals surface area contributed by atoms with E-state index in [9.17, 15) is 14.7 Å². The summed E-state index contributed by atoms with van der Waals surface area (Å²) in [5, 5.41) is 18.4. The van der Waals surface area contributed by atoms with Crippen molar-refractivity contribution in [2.45, 2.75) is 18.6 Å². The van der Waals surface area contributed by atoms with Crippen molar-refractivity contribution in [1.82, 2.24) is 9.88 Å². The molecule has 0 saturated carbocycles. The van der Waals surface area contributed by atoms with Crippen LogP contribution in [0.15, 0.2) is 16.7 Å². The number of β-amino-alcohol motifs (C(OH)–C–C–N with tert-alkyl or cyclic N) is 1. The quantitative estimate of drug-likeness (QED) is 0.739. The fourth-order valence-corrected chi connectivity index (χ4v) is 2.26. The van der Waals surface area contributed by atoms with E-state index >= 15 is 0 Å². The zero-order valence-electron chi connectivity index (χ0n) is 8.76. The van der Waals surface area contributed by atoms with Crippen LogP contribution in [0.2, 0.25) is 0 Å². The van der Waals surface area contributed by atoms with E-state index in [-0.39, 0.29) is 13.0 Å². The van der Waals surface area contributed by atoms with Crippen LogP contribution < -0.4 is 0 Å². The summed E-state index contributed by atoms with van der Waals surface area (Å²) in [6.07, 6.45) is 0.886. The average molecular weight is 303 g/mol. The van der Waals surface area contributed by atoms with Crippen LogP contribution in [0.25, 0.3) is 0 Å². The van der Waals surface area contributed by atoms with Crippen molar-refractivity contribution >= 4 is 27.8 Å². The molecule has 6 nitrogen and oxygen atoms in total. The monoisotopic (exact) mass is 302 g/mol. The maximum atomic E-state index is 12.0. The number of amides is 1. The summed E-state index contributed by atoms with van der Waals surface area (Å²) in [6.45, 7) is 0.0481. The molecule has 2 atom stereocenters. The number of carboxylic acid groups (broad SMARTS) is 1. The molecule has 1 aliphatic heterocycles. The maximum absolute atomic E-state index is 12.0. The number of aromatic amines is 1. The first-order valence-electron chi connectivity index (χ1n) is 5.05. The van der Waals surface area contributed by atoms with E-state index < -0.39 is 24.0 Å². The number of rotatable bonds is 2. The Morgan fingerprint density at radius 2 is 2.24 bits per heavy atom. The topological polar surface area (TPSA) is 93.6 Å². The van der Waals surface area contributed by atoms with Crippen LogP contribution in [-0.4, -0.2) is 50.7 Å². The molecule has 0 unspecified atom stereocenters. The van der Waals surface area contributed by atoms with Crippen molar-refractivity contribution in [3.05, 3.63) is 22.4 Å². The number of nitrogens with one attached hydrogen (secondary N) is 1. The zero-order chi connectivity index (χ0) is 12.6. The highest BCUT2D eigenvalue weighted by Crippen LogP contribution is 2.21. The van der Waals surface area contributed by atoms with Crippen molar-refractivity contribution < 1.29 is 19.8 Å². The van der Waals surface area contributed by atoms with Crippen molar-refractivity contribution in [1.29, 1.82) is 0 Å². The lowest BCUT2D eigenvalue weighted by atomic mass is 10.2. The summed E-state index contributed by atoms with van der Waals surface area (Å²) in [4.78, 5) is 26.9. The first kappa shape index (κ1) is 12.1. The standard InChI is InChI=1S/C10H11BrN2O4/c11-5-1-7(12-3-5)9(15)13-4-6(14)2-8(13)10(16)17/h1,3,6,8,12,14H,2,4H2,(H,16,17)/t6-,8-/m1/s1. The van der Waals surface area contributed by atoms with Crippen LogP contribution in [0.3, 0.4) is 0 Å². The molecule has 0 bridgehead atoms. The number of hydrogen-bond acceptors (Lipinski definition) is 3. The highest BCUT2D eigenvalue weighted by molar-refractivity contribution is 9.10. The van der Waals surface area contributed by atoms with Gasteiger partial charge in [0.25, 0.3) is 5.91 Å². The van der Waals surface area contributed by atoms with Gasteiger partial charge >= 0.3 is 5.97 Å². The van der Waals surface area contributed by atoms with E-state index in [1.165, 1.54) is 4.90 Å². The number of H-pyrrole nitrogens is 1. The molecule has 0 aliphatic carbocycles. The van der Waals surface area contributed by atoms with Gasteiger partial charge in [-0.3, -0.25) is 4.79 Å². The number of carbonyl (C=O) groups is 2. The molecule has 1 aromatic rings. The van der Waals surface area contributed by atoms with Crippen molar-refractivity contribution in [3.8, 4) is 0 Å². The van der Waals surface area contributed by atoms with Gasteiger partial charge in [-0.15, -0.1) is 0 Å². The van der Waals surface area contributed by atoms with E-state index in [0.29, 0.717) is 10.2 Å². The van der Waals surface area contributed by atoms with Gasteiger partial charge in [0.2, 0.25) is 0 Å². The fraction of sp³-hybridized carbons (Fsp3) is 0.400. The Bertz CT molecular complexity index is 459. The Labute approximate surface area is 105 Å². The first-order chi connectivity index (χ1) is 7.99. The van der Waals surface area contributed by atoms with Crippen molar-refractivity contribution in [3.63, 3.8) is 0 Å². The molecular weight excluding hydrogens is 292 g/mol. The molecule has 1 saturated heterocycles. The van der Waals surface area contributed by atoms with Crippen LogP contribution in [0, 0.1) is 0 Å². The minimum absolute atomic E-state index is 0.0481. The van der Waals surface area contributed by atoms with E-state index in [2.05, 4.69) is 20.9 Å². The normalized spacial score (nSPS) is 24.0. The molecule has 0 radical (unpaired) electrons. The fourth-order valence-electron chi connectivity index (χ4n) is 1.92. The minimum atomic E-state index is -1.10. The lowest BCUT2D eigenvalue weighted by Crippen LogP contribution is -2.40. The van der Waals surface area contributed by atoms with Gasteiger partial charge in [0.1, 0.15) is 11.7 Å². The highest BCUT2D eigenvalue weighted by atomic mass is 79.9. The minimum Gasteiger partial charge on any atom is -0.480 e. The van der Waals surface area contributed by atoms with E-state index in [1.54, 1.807) is 12.3 Å². The highest BCUT2D eigenvalue weighted by Gasteiger charge is 2.39. The Morgan fingerprint density at radius 3 is 2.76 bits per heavy atom. The molecule has 0 aromatic carbocycles. The third-order valence-corrected chi connectivity index (χ3v) is 3.16. The zero-order valence-corrected chi connectivity index (χ0v) is 10.3. The molecule has 1 amide bonds. The maximum Gasteiger partial charge on any atom is 0.326 e. The molecule has 92 valence electrons. The summed E-state index contributed by atoms with van der Waals surface area (Å²) in [7, 11) is 0. The molecule has 2 heterocycles. The molecule has 7 heteroatoms. The number of aromatic nitrogens is 1. The first-order valence-corrected chi connectivity index (χ1v) is 5.84. The van der Waals surface area contributed by atoms with Crippen molar-refractivity contribution in [2.75, 3.05) is 6.54 Å². The number of carbonyl (C=O) groups excluding carboxylic acids is 1. The smallest absolute Gasteiger partial charge is 0.326 e. The number of aliphatic hydroxyl groups is 1. The second kappa shape index (κ2) is 4.50. The molecular formula is C10H11BrN2O4. The predicted octanol–water partition coefficient (Wildman–Crippen LogP) is 0.437. The Balaban J connectivity index is 2.21. The van der Waals surface area contributed by atoms with Gasteiger partial charge in [-0.1, -0.05) is 0 Å². The molecule has 1 fully saturated rings. The number of aliphatic carboxylic acids is 1. The third kappa shape index (κ3) is 2.34. The van der Waals surface area contributed by atoms with Crippen LogP contribution in [0.5, 0.6) is 0 Å². The third-order valence-electron chi connectivity index (χ3n) is 2.70. The van der Waals surface area contributed by atoms with Gasteiger partial charge < -0.3 is 20.1 Å². The van der Waals surface area contributed by atoms with Crippen LogP contribution >= 0.6 is 15.9 Å². The number of nitrogens with zero attached hydrogens (tertiary/aromatic N) is 1. The Morgan fingerprint density at radius 1 is 1.53 bits per heavy atom. The lowest BCUT2D eigenvalue weighted by Gasteiger charge is -2.20. The Kier molecular flexibility index (Phi) is 3.21. The summed E-state index contributed by atoms with van der Waals surface area (Å²) in [6, 6.07) is 0.617. The predicted molar refractivity (Wildman–Crippen MR) is 61.6 cm³/mol.